The Morgan fingerprint density at radius 3 is 2.83 bits per heavy atom. The molecule has 8 nitrogen and oxygen atoms in total. The van der Waals surface area contributed by atoms with Crippen molar-refractivity contribution in [2.75, 3.05) is 25.6 Å². The first-order valence-corrected chi connectivity index (χ1v) is 10.1. The van der Waals surface area contributed by atoms with Gasteiger partial charge in [0.2, 0.25) is 0 Å². The van der Waals surface area contributed by atoms with Crippen molar-refractivity contribution >= 4 is 17.0 Å². The molecule has 1 fully saturated rings. The molecular weight excluding hydrogens is 380 g/mol. The topological polar surface area (TPSA) is 78.5 Å². The number of methoxy groups -OCH3 is 1. The number of nitrogens with one attached hydrogen (secondary N) is 1. The van der Waals surface area contributed by atoms with Crippen LogP contribution in [-0.2, 0) is 4.74 Å². The van der Waals surface area contributed by atoms with Gasteiger partial charge in [-0.05, 0) is 44.0 Å². The van der Waals surface area contributed by atoms with E-state index >= 15 is 0 Å². The molecule has 0 atom stereocenters. The molecule has 4 aromatic rings. The van der Waals surface area contributed by atoms with Gasteiger partial charge in [-0.1, -0.05) is 0 Å². The third-order valence-corrected chi connectivity index (χ3v) is 5.45. The van der Waals surface area contributed by atoms with Crippen molar-refractivity contribution in [3.63, 3.8) is 0 Å². The Balaban J connectivity index is 1.45. The second-order valence-electron chi connectivity index (χ2n) is 7.45. The molecule has 1 aliphatic heterocycles. The van der Waals surface area contributed by atoms with Gasteiger partial charge < -0.3 is 19.2 Å². The molecule has 0 saturated carbocycles. The number of aryl methyl sites for hydroxylation is 1. The number of hydrogen-bond acceptors (Lipinski definition) is 6. The molecule has 154 valence electrons. The zero-order valence-electron chi connectivity index (χ0n) is 17.1. The fourth-order valence-electron chi connectivity index (χ4n) is 3.88. The number of fused-ring (bicyclic) bond motifs is 1. The summed E-state index contributed by atoms with van der Waals surface area (Å²) in [6, 6.07) is 9.99. The molecular formula is C22H24N6O2. The zero-order chi connectivity index (χ0) is 20.5. The van der Waals surface area contributed by atoms with Crippen LogP contribution in [0, 0.1) is 6.92 Å². The van der Waals surface area contributed by atoms with E-state index in [0.29, 0.717) is 17.5 Å². The van der Waals surface area contributed by atoms with Crippen LogP contribution < -0.4 is 10.1 Å². The summed E-state index contributed by atoms with van der Waals surface area (Å²) < 4.78 is 14.9. The van der Waals surface area contributed by atoms with Crippen molar-refractivity contribution in [1.82, 2.24) is 24.1 Å². The molecule has 1 saturated heterocycles. The maximum Gasteiger partial charge on any atom is 0.160 e. The van der Waals surface area contributed by atoms with Gasteiger partial charge in [-0.25, -0.2) is 14.6 Å². The summed E-state index contributed by atoms with van der Waals surface area (Å²) in [6.07, 6.45) is 7.89. The van der Waals surface area contributed by atoms with E-state index in [-0.39, 0.29) is 0 Å². The molecule has 0 bridgehead atoms. The molecule has 1 N–H and O–H groups in total. The number of anilines is 2. The minimum Gasteiger partial charge on any atom is -0.494 e. The molecule has 0 unspecified atom stereocenters. The first-order valence-electron chi connectivity index (χ1n) is 10.1. The summed E-state index contributed by atoms with van der Waals surface area (Å²) in [5, 5.41) is 7.86. The van der Waals surface area contributed by atoms with Crippen LogP contribution in [0.2, 0.25) is 0 Å². The van der Waals surface area contributed by atoms with Gasteiger partial charge in [0, 0.05) is 43.3 Å². The summed E-state index contributed by atoms with van der Waals surface area (Å²) in [5.74, 6) is 1.88. The highest BCUT2D eigenvalue weighted by atomic mass is 16.5. The minimum absolute atomic E-state index is 0.456. The van der Waals surface area contributed by atoms with Gasteiger partial charge in [-0.3, -0.25) is 0 Å². The Labute approximate surface area is 174 Å². The van der Waals surface area contributed by atoms with Gasteiger partial charge in [0.1, 0.15) is 23.6 Å². The van der Waals surface area contributed by atoms with Crippen molar-refractivity contribution in [2.45, 2.75) is 25.7 Å². The number of benzene rings is 1. The highest BCUT2D eigenvalue weighted by Gasteiger charge is 2.19. The Hall–Kier alpha value is -3.39. The fraction of sp³-hybridized carbons (Fsp3) is 0.318. The molecule has 30 heavy (non-hydrogen) atoms. The number of pyridine rings is 1. The molecule has 0 spiro atoms. The third-order valence-electron chi connectivity index (χ3n) is 5.45. The first kappa shape index (κ1) is 18.6. The lowest BCUT2D eigenvalue weighted by Crippen LogP contribution is -2.14. The lowest BCUT2D eigenvalue weighted by molar-refractivity contribution is 0.0846. The number of nitrogens with zero attached hydrogens (tertiary/aromatic N) is 5. The van der Waals surface area contributed by atoms with Crippen molar-refractivity contribution in [2.24, 2.45) is 0 Å². The largest absolute Gasteiger partial charge is 0.494 e. The predicted octanol–water partition coefficient (Wildman–Crippen LogP) is 3.87. The summed E-state index contributed by atoms with van der Waals surface area (Å²) in [6.45, 7) is 3.47. The lowest BCUT2D eigenvalue weighted by atomic mass is 9.97. The molecule has 1 aromatic carbocycles. The smallest absolute Gasteiger partial charge is 0.160 e. The van der Waals surface area contributed by atoms with E-state index in [1.807, 2.05) is 43.5 Å². The molecule has 1 aliphatic rings. The molecule has 0 aliphatic carbocycles. The standard InChI is InChI=1S/C22H24N6O2/c1-15-23-14-28(26-15)20-6-5-17(12-21(20)29-2)24-18-4-3-9-27-13-19(25-22(18)27)16-7-10-30-11-8-16/h3-6,9,12-14,16,24H,7-8,10-11H2,1-2H3. The average molecular weight is 404 g/mol. The first-order chi connectivity index (χ1) is 14.7. The monoisotopic (exact) mass is 404 g/mol. The summed E-state index contributed by atoms with van der Waals surface area (Å²) in [4.78, 5) is 9.13. The minimum atomic E-state index is 0.456. The van der Waals surface area contributed by atoms with E-state index in [1.165, 1.54) is 0 Å². The normalized spacial score (nSPS) is 14.9. The number of imidazole rings is 1. The van der Waals surface area contributed by atoms with Crippen molar-refractivity contribution in [3.05, 3.63) is 60.6 Å². The summed E-state index contributed by atoms with van der Waals surface area (Å²) in [5.41, 5.74) is 4.74. The van der Waals surface area contributed by atoms with Crippen LogP contribution in [0.25, 0.3) is 11.3 Å². The Bertz CT molecular complexity index is 1180. The van der Waals surface area contributed by atoms with Crippen molar-refractivity contribution < 1.29 is 9.47 Å². The predicted molar refractivity (Wildman–Crippen MR) is 114 cm³/mol. The average Bonchev–Trinajstić information content (AvgIpc) is 3.41. The molecule has 5 rings (SSSR count). The quantitative estimate of drug-likeness (QED) is 0.544. The van der Waals surface area contributed by atoms with E-state index in [2.05, 4.69) is 26.0 Å². The Kier molecular flexibility index (Phi) is 4.84. The molecule has 0 radical (unpaired) electrons. The number of rotatable bonds is 5. The summed E-state index contributed by atoms with van der Waals surface area (Å²) >= 11 is 0. The van der Waals surface area contributed by atoms with Gasteiger partial charge in [-0.15, -0.1) is 0 Å². The van der Waals surface area contributed by atoms with Crippen LogP contribution >= 0.6 is 0 Å². The van der Waals surface area contributed by atoms with Crippen LogP contribution in [-0.4, -0.2) is 44.5 Å². The van der Waals surface area contributed by atoms with Crippen LogP contribution in [0.5, 0.6) is 5.75 Å². The summed E-state index contributed by atoms with van der Waals surface area (Å²) in [7, 11) is 1.65. The third kappa shape index (κ3) is 3.50. The molecule has 4 heterocycles. The highest BCUT2D eigenvalue weighted by Crippen LogP contribution is 2.31. The number of ether oxygens (including phenoxy) is 2. The Morgan fingerprint density at radius 1 is 1.20 bits per heavy atom. The molecule has 8 heteroatoms. The zero-order valence-corrected chi connectivity index (χ0v) is 17.1. The number of hydrogen-bond donors (Lipinski definition) is 1. The van der Waals surface area contributed by atoms with E-state index in [9.17, 15) is 0 Å². The Morgan fingerprint density at radius 2 is 2.07 bits per heavy atom. The van der Waals surface area contributed by atoms with Gasteiger partial charge in [0.15, 0.2) is 5.65 Å². The second-order valence-corrected chi connectivity index (χ2v) is 7.45. The highest BCUT2D eigenvalue weighted by molar-refractivity contribution is 5.75. The van der Waals surface area contributed by atoms with E-state index in [0.717, 1.165) is 54.5 Å². The maximum atomic E-state index is 5.60. The van der Waals surface area contributed by atoms with Crippen molar-refractivity contribution in [3.8, 4) is 11.4 Å². The second kappa shape index (κ2) is 7.79. The van der Waals surface area contributed by atoms with Gasteiger partial charge in [0.25, 0.3) is 0 Å². The SMILES string of the molecule is COc1cc(Nc2cccn3cc(C4CCOCC4)nc23)ccc1-n1cnc(C)n1. The maximum absolute atomic E-state index is 5.60. The van der Waals surface area contributed by atoms with E-state index in [1.54, 1.807) is 18.1 Å². The van der Waals surface area contributed by atoms with Crippen LogP contribution in [0.1, 0.15) is 30.3 Å². The number of aromatic nitrogens is 5. The van der Waals surface area contributed by atoms with Crippen LogP contribution in [0.3, 0.4) is 0 Å². The van der Waals surface area contributed by atoms with Crippen LogP contribution in [0.4, 0.5) is 11.4 Å². The van der Waals surface area contributed by atoms with Crippen LogP contribution in [0.15, 0.2) is 49.1 Å². The van der Waals surface area contributed by atoms with Gasteiger partial charge in [-0.2, -0.15) is 5.10 Å². The van der Waals surface area contributed by atoms with Gasteiger partial charge in [0.05, 0.1) is 18.5 Å². The fourth-order valence-corrected chi connectivity index (χ4v) is 3.88. The van der Waals surface area contributed by atoms with E-state index in [4.69, 9.17) is 14.5 Å². The molecule has 0 amide bonds. The molecule has 3 aromatic heterocycles. The van der Waals surface area contributed by atoms with Crippen molar-refractivity contribution in [1.29, 1.82) is 0 Å². The van der Waals surface area contributed by atoms with E-state index < -0.39 is 0 Å². The van der Waals surface area contributed by atoms with Gasteiger partial charge >= 0.3 is 0 Å². The lowest BCUT2D eigenvalue weighted by Gasteiger charge is -2.19.